The zero-order valence-electron chi connectivity index (χ0n) is 21.9. The molecule has 5 rings (SSSR count). The summed E-state index contributed by atoms with van der Waals surface area (Å²) >= 11 is 0. The number of amides is 2. The van der Waals surface area contributed by atoms with Gasteiger partial charge in [0, 0.05) is 38.9 Å². The van der Waals surface area contributed by atoms with Crippen LogP contribution >= 0.6 is 0 Å². The van der Waals surface area contributed by atoms with E-state index < -0.39 is 30.4 Å². The Labute approximate surface area is 224 Å². The molecular formula is C25H35N7O7. The van der Waals surface area contributed by atoms with Gasteiger partial charge in [0.15, 0.2) is 23.8 Å². The molecule has 4 heterocycles. The number of fused-ring (bicyclic) bond motifs is 1. The Bertz CT molecular complexity index is 1220. The van der Waals surface area contributed by atoms with E-state index in [1.54, 1.807) is 11.8 Å². The summed E-state index contributed by atoms with van der Waals surface area (Å²) < 4.78 is 12.6. The molecule has 2 aromatic rings. The lowest BCUT2D eigenvalue weighted by Gasteiger charge is -2.33. The molecule has 14 nitrogen and oxygen atoms in total. The SMILES string of the molecule is CCNC(=O)[C@H]1O[C@@H](n2cnc3c(N)nc(CCCC4CCN(C(=O)OC5CC(=O)C5)CC4)nc32)C(O)[C@H]1O. The maximum atomic E-state index is 12.3. The second kappa shape index (κ2) is 11.4. The maximum absolute atomic E-state index is 12.3. The number of nitrogens with two attached hydrogens (primary N) is 1. The number of carbonyl (C=O) groups excluding carboxylic acids is 3. The fourth-order valence-electron chi connectivity index (χ4n) is 5.37. The van der Waals surface area contributed by atoms with Gasteiger partial charge in [-0.15, -0.1) is 0 Å². The summed E-state index contributed by atoms with van der Waals surface area (Å²) in [7, 11) is 0. The summed E-state index contributed by atoms with van der Waals surface area (Å²) in [6, 6.07) is 0. The van der Waals surface area contributed by atoms with Gasteiger partial charge in [-0.25, -0.2) is 19.7 Å². The number of rotatable bonds is 8. The highest BCUT2D eigenvalue weighted by molar-refractivity contribution is 5.86. The molecule has 3 fully saturated rings. The van der Waals surface area contributed by atoms with E-state index >= 15 is 0 Å². The number of Topliss-reactive ketones (excluding diaryl/α,β-unsaturated/α-hetero) is 1. The van der Waals surface area contributed by atoms with Crippen LogP contribution in [0.2, 0.25) is 0 Å². The molecule has 0 radical (unpaired) electrons. The minimum atomic E-state index is -1.41. The van der Waals surface area contributed by atoms with E-state index in [1.807, 2.05) is 0 Å². The van der Waals surface area contributed by atoms with Crippen LogP contribution in [0.25, 0.3) is 11.2 Å². The minimum Gasteiger partial charge on any atom is -0.445 e. The third-order valence-electron chi connectivity index (χ3n) is 7.68. The highest BCUT2D eigenvalue weighted by Crippen LogP contribution is 2.32. The average molecular weight is 546 g/mol. The van der Waals surface area contributed by atoms with Crippen molar-refractivity contribution >= 4 is 34.8 Å². The third-order valence-corrected chi connectivity index (χ3v) is 7.68. The zero-order valence-corrected chi connectivity index (χ0v) is 21.9. The lowest BCUT2D eigenvalue weighted by atomic mass is 9.91. The molecule has 2 aromatic heterocycles. The van der Waals surface area contributed by atoms with Gasteiger partial charge in [-0.2, -0.15) is 0 Å². The highest BCUT2D eigenvalue weighted by Gasteiger charge is 2.47. The van der Waals surface area contributed by atoms with Gasteiger partial charge < -0.3 is 35.6 Å². The molecule has 0 aromatic carbocycles. The first-order valence-electron chi connectivity index (χ1n) is 13.5. The number of aromatic nitrogens is 4. The number of aliphatic hydroxyl groups excluding tert-OH is 2. The molecule has 1 saturated carbocycles. The molecule has 2 amide bonds. The number of likely N-dealkylation sites (N-methyl/N-ethyl adjacent to an activating group) is 1. The van der Waals surface area contributed by atoms with Gasteiger partial charge in [0.05, 0.1) is 6.33 Å². The van der Waals surface area contributed by atoms with Crippen molar-refractivity contribution in [1.82, 2.24) is 29.7 Å². The number of nitrogens with zero attached hydrogens (tertiary/aromatic N) is 5. The van der Waals surface area contributed by atoms with E-state index in [-0.39, 0.29) is 23.8 Å². The summed E-state index contributed by atoms with van der Waals surface area (Å²) in [6.07, 6.45) is 0.468. The molecule has 5 N–H and O–H groups in total. The van der Waals surface area contributed by atoms with E-state index in [4.69, 9.17) is 15.2 Å². The summed E-state index contributed by atoms with van der Waals surface area (Å²) in [4.78, 5) is 50.6. The standard InChI is InChI=1S/C25H35N7O7/c1-2-27-23(36)20-18(34)19(35)24(39-20)32-12-28-17-21(26)29-16(30-22(17)32)5-3-4-13-6-8-31(9-7-13)25(37)38-15-10-14(33)11-15/h12-13,15,18-20,24,34-35H,2-11H2,1H3,(H,27,36)(H2,26,29,30)/t18-,19?,20+,24-/m1/s1. The number of imidazole rings is 1. The second-order valence-electron chi connectivity index (χ2n) is 10.4. The van der Waals surface area contributed by atoms with Gasteiger partial charge in [0.1, 0.15) is 35.4 Å². The number of nitrogen functional groups attached to an aromatic ring is 1. The van der Waals surface area contributed by atoms with Crippen molar-refractivity contribution in [2.24, 2.45) is 5.92 Å². The summed E-state index contributed by atoms with van der Waals surface area (Å²) in [5.74, 6) is 0.798. The number of hydrogen-bond acceptors (Lipinski definition) is 11. The van der Waals surface area contributed by atoms with Crippen molar-refractivity contribution in [2.75, 3.05) is 25.4 Å². The molecule has 0 spiro atoms. The van der Waals surface area contributed by atoms with Gasteiger partial charge >= 0.3 is 6.09 Å². The Morgan fingerprint density at radius 1 is 1.21 bits per heavy atom. The van der Waals surface area contributed by atoms with Crippen molar-refractivity contribution in [1.29, 1.82) is 0 Å². The Balaban J connectivity index is 1.16. The monoisotopic (exact) mass is 545 g/mol. The van der Waals surface area contributed by atoms with Crippen molar-refractivity contribution in [3.8, 4) is 0 Å². The third kappa shape index (κ3) is 5.68. The molecule has 14 heteroatoms. The number of nitrogens with one attached hydrogen (secondary N) is 1. The number of carbonyl (C=O) groups is 3. The second-order valence-corrected chi connectivity index (χ2v) is 10.4. The van der Waals surface area contributed by atoms with E-state index in [9.17, 15) is 24.6 Å². The Hall–Kier alpha value is -3.36. The molecule has 39 heavy (non-hydrogen) atoms. The van der Waals surface area contributed by atoms with Gasteiger partial charge in [-0.3, -0.25) is 14.2 Å². The van der Waals surface area contributed by atoms with E-state index in [2.05, 4.69) is 20.3 Å². The number of anilines is 1. The Kier molecular flexibility index (Phi) is 7.96. The number of likely N-dealkylation sites (tertiary alicyclic amines) is 1. The lowest BCUT2D eigenvalue weighted by Crippen LogP contribution is -2.43. The predicted octanol–water partition coefficient (Wildman–Crippen LogP) is 0.0666. The number of aliphatic hydroxyl groups is 2. The molecule has 2 saturated heterocycles. The molecule has 1 unspecified atom stereocenters. The van der Waals surface area contributed by atoms with E-state index in [0.29, 0.717) is 61.8 Å². The highest BCUT2D eigenvalue weighted by atomic mass is 16.6. The predicted molar refractivity (Wildman–Crippen MR) is 136 cm³/mol. The largest absolute Gasteiger partial charge is 0.445 e. The quantitative estimate of drug-likeness (QED) is 0.350. The topological polar surface area (TPSA) is 195 Å². The fourth-order valence-corrected chi connectivity index (χ4v) is 5.37. The number of hydrogen-bond donors (Lipinski definition) is 4. The lowest BCUT2D eigenvalue weighted by molar-refractivity contribution is -0.137. The van der Waals surface area contributed by atoms with E-state index in [1.165, 1.54) is 10.9 Å². The molecule has 0 bridgehead atoms. The van der Waals surface area contributed by atoms with Crippen LogP contribution in [-0.4, -0.2) is 96.5 Å². The number of ketones is 1. The van der Waals surface area contributed by atoms with Gasteiger partial charge in [0.2, 0.25) is 0 Å². The zero-order chi connectivity index (χ0) is 27.7. The molecule has 3 aliphatic rings. The summed E-state index contributed by atoms with van der Waals surface area (Å²) in [5.41, 5.74) is 6.84. The molecule has 1 aliphatic carbocycles. The molecule has 2 aliphatic heterocycles. The molecular weight excluding hydrogens is 510 g/mol. The Morgan fingerprint density at radius 3 is 2.64 bits per heavy atom. The first kappa shape index (κ1) is 27.2. The first-order chi connectivity index (χ1) is 18.7. The summed E-state index contributed by atoms with van der Waals surface area (Å²) in [6.45, 7) is 3.37. The fraction of sp³-hybridized carbons (Fsp3) is 0.680. The Morgan fingerprint density at radius 2 is 1.95 bits per heavy atom. The van der Waals surface area contributed by atoms with Crippen molar-refractivity contribution < 1.29 is 34.1 Å². The first-order valence-corrected chi connectivity index (χ1v) is 13.5. The van der Waals surface area contributed by atoms with Crippen LogP contribution in [0.1, 0.15) is 57.5 Å². The maximum Gasteiger partial charge on any atom is 0.410 e. The average Bonchev–Trinajstić information content (AvgIpc) is 3.44. The van der Waals surface area contributed by atoms with Gasteiger partial charge in [-0.1, -0.05) is 0 Å². The van der Waals surface area contributed by atoms with Crippen LogP contribution in [0.5, 0.6) is 0 Å². The van der Waals surface area contributed by atoms with Gasteiger partial charge in [-0.05, 0) is 38.5 Å². The summed E-state index contributed by atoms with van der Waals surface area (Å²) in [5, 5.41) is 23.6. The normalized spacial score (nSPS) is 26.1. The van der Waals surface area contributed by atoms with Crippen molar-refractivity contribution in [2.45, 2.75) is 82.5 Å². The number of piperidine rings is 1. The smallest absolute Gasteiger partial charge is 0.410 e. The van der Waals surface area contributed by atoms with Crippen LogP contribution in [0.15, 0.2) is 6.33 Å². The van der Waals surface area contributed by atoms with Crippen LogP contribution in [-0.2, 0) is 25.5 Å². The van der Waals surface area contributed by atoms with Crippen LogP contribution in [0.4, 0.5) is 10.6 Å². The molecule has 212 valence electrons. The van der Waals surface area contributed by atoms with Gasteiger partial charge in [0.25, 0.3) is 5.91 Å². The van der Waals surface area contributed by atoms with Crippen molar-refractivity contribution in [3.63, 3.8) is 0 Å². The van der Waals surface area contributed by atoms with E-state index in [0.717, 1.165) is 25.7 Å². The number of ether oxygens (including phenoxy) is 2. The van der Waals surface area contributed by atoms with Crippen LogP contribution < -0.4 is 11.1 Å². The molecule has 4 atom stereocenters. The number of aryl methyl sites for hydroxylation is 1. The minimum absolute atomic E-state index is 0.134. The van der Waals surface area contributed by atoms with Crippen LogP contribution in [0.3, 0.4) is 0 Å². The van der Waals surface area contributed by atoms with Crippen molar-refractivity contribution in [3.05, 3.63) is 12.2 Å². The van der Waals surface area contributed by atoms with Crippen LogP contribution in [0, 0.1) is 5.92 Å².